The molecule has 1 aromatic rings. The Morgan fingerprint density at radius 1 is 1.67 bits per heavy atom. The fourth-order valence-corrected chi connectivity index (χ4v) is 2.15. The third kappa shape index (κ3) is 2.83. The second-order valence-electron chi connectivity index (χ2n) is 2.99. The lowest BCUT2D eigenvalue weighted by Gasteiger charge is -2.10. The van der Waals surface area contributed by atoms with Gasteiger partial charge in [0.15, 0.2) is 0 Å². The SMILES string of the molecule is Cc1cnc(CC(=O)O)c(I)c1C(F)F. The Bertz CT molecular complexity index is 396. The van der Waals surface area contributed by atoms with Crippen LogP contribution in [0.1, 0.15) is 23.2 Å². The van der Waals surface area contributed by atoms with Gasteiger partial charge in [0.2, 0.25) is 0 Å². The molecule has 0 amide bonds. The fraction of sp³-hybridized carbons (Fsp3) is 0.333. The van der Waals surface area contributed by atoms with Gasteiger partial charge >= 0.3 is 5.97 Å². The van der Waals surface area contributed by atoms with Crippen molar-refractivity contribution < 1.29 is 18.7 Å². The minimum Gasteiger partial charge on any atom is -0.481 e. The van der Waals surface area contributed by atoms with E-state index in [9.17, 15) is 13.6 Å². The number of halogens is 3. The molecule has 0 saturated heterocycles. The number of pyridine rings is 1. The Balaban J connectivity index is 3.22. The molecule has 0 aromatic carbocycles. The quantitative estimate of drug-likeness (QED) is 0.868. The Kier molecular flexibility index (Phi) is 3.95. The van der Waals surface area contributed by atoms with Gasteiger partial charge in [0.25, 0.3) is 6.43 Å². The Morgan fingerprint density at radius 3 is 2.73 bits per heavy atom. The summed E-state index contributed by atoms with van der Waals surface area (Å²) in [6, 6.07) is 0. The summed E-state index contributed by atoms with van der Waals surface area (Å²) in [4.78, 5) is 14.3. The zero-order chi connectivity index (χ0) is 11.6. The van der Waals surface area contributed by atoms with Gasteiger partial charge in [-0.1, -0.05) is 0 Å². The van der Waals surface area contributed by atoms with Crippen molar-refractivity contribution in [1.82, 2.24) is 4.98 Å². The number of carbonyl (C=O) groups is 1. The van der Waals surface area contributed by atoms with E-state index in [2.05, 4.69) is 4.98 Å². The number of hydrogen-bond donors (Lipinski definition) is 1. The molecule has 0 bridgehead atoms. The molecular weight excluding hydrogens is 319 g/mol. The van der Waals surface area contributed by atoms with Crippen LogP contribution in [0.15, 0.2) is 6.20 Å². The molecule has 0 aliphatic rings. The van der Waals surface area contributed by atoms with Gasteiger partial charge in [-0.2, -0.15) is 0 Å². The number of carboxylic acids is 1. The van der Waals surface area contributed by atoms with E-state index in [4.69, 9.17) is 5.11 Å². The van der Waals surface area contributed by atoms with E-state index in [1.54, 1.807) is 22.6 Å². The molecule has 0 atom stereocenters. The van der Waals surface area contributed by atoms with Crippen LogP contribution in [0.25, 0.3) is 0 Å². The first kappa shape index (κ1) is 12.3. The van der Waals surface area contributed by atoms with Gasteiger partial charge in [-0.25, -0.2) is 8.78 Å². The molecule has 1 heterocycles. The Hall–Kier alpha value is -0.790. The van der Waals surface area contributed by atoms with E-state index in [0.29, 0.717) is 5.56 Å². The highest BCUT2D eigenvalue weighted by Crippen LogP contribution is 2.29. The lowest BCUT2D eigenvalue weighted by Crippen LogP contribution is -2.08. The molecule has 6 heteroatoms. The van der Waals surface area contributed by atoms with E-state index in [0.717, 1.165) is 0 Å². The number of aromatic nitrogens is 1. The van der Waals surface area contributed by atoms with Crippen LogP contribution < -0.4 is 0 Å². The van der Waals surface area contributed by atoms with Crippen LogP contribution in [-0.2, 0) is 11.2 Å². The van der Waals surface area contributed by atoms with Crippen LogP contribution in [-0.4, -0.2) is 16.1 Å². The van der Waals surface area contributed by atoms with Gasteiger partial charge in [0, 0.05) is 15.3 Å². The van der Waals surface area contributed by atoms with E-state index >= 15 is 0 Å². The number of aryl methyl sites for hydroxylation is 1. The van der Waals surface area contributed by atoms with Crippen molar-refractivity contribution in [3.8, 4) is 0 Å². The van der Waals surface area contributed by atoms with Crippen LogP contribution in [0.2, 0.25) is 0 Å². The van der Waals surface area contributed by atoms with Crippen molar-refractivity contribution >= 4 is 28.6 Å². The number of carboxylic acid groups (broad SMARTS) is 1. The summed E-state index contributed by atoms with van der Waals surface area (Å²) in [6.07, 6.45) is -1.66. The minimum absolute atomic E-state index is 0.123. The normalized spacial score (nSPS) is 10.7. The van der Waals surface area contributed by atoms with Crippen molar-refractivity contribution in [2.24, 2.45) is 0 Å². The largest absolute Gasteiger partial charge is 0.481 e. The molecule has 0 aliphatic heterocycles. The number of hydrogen-bond acceptors (Lipinski definition) is 2. The second kappa shape index (κ2) is 4.82. The maximum Gasteiger partial charge on any atom is 0.309 e. The molecule has 0 saturated carbocycles. The number of nitrogens with zero attached hydrogens (tertiary/aromatic N) is 1. The minimum atomic E-state index is -2.60. The summed E-state index contributed by atoms with van der Waals surface area (Å²) in [5.41, 5.74) is 0.439. The van der Waals surface area contributed by atoms with Crippen LogP contribution >= 0.6 is 22.6 Å². The van der Waals surface area contributed by atoms with Gasteiger partial charge in [-0.05, 0) is 35.1 Å². The lowest BCUT2D eigenvalue weighted by atomic mass is 10.1. The molecule has 82 valence electrons. The molecule has 3 nitrogen and oxygen atoms in total. The van der Waals surface area contributed by atoms with Crippen LogP contribution in [0.4, 0.5) is 8.78 Å². The van der Waals surface area contributed by atoms with Crippen molar-refractivity contribution in [1.29, 1.82) is 0 Å². The molecule has 0 aliphatic carbocycles. The molecule has 0 fully saturated rings. The number of aliphatic carboxylic acids is 1. The second-order valence-corrected chi connectivity index (χ2v) is 4.07. The van der Waals surface area contributed by atoms with Gasteiger partial charge in [-0.15, -0.1) is 0 Å². The summed E-state index contributed by atoms with van der Waals surface area (Å²) >= 11 is 1.71. The van der Waals surface area contributed by atoms with Gasteiger partial charge in [0.1, 0.15) is 0 Å². The standard InChI is InChI=1S/C9H8F2INO2/c1-4-3-13-5(2-6(14)15)8(12)7(4)9(10)11/h3,9H,2H2,1H3,(H,14,15). The average molecular weight is 327 g/mol. The van der Waals surface area contributed by atoms with Crippen LogP contribution in [0, 0.1) is 10.5 Å². The predicted molar refractivity (Wildman–Crippen MR) is 58.0 cm³/mol. The summed E-state index contributed by atoms with van der Waals surface area (Å²) < 4.78 is 25.5. The summed E-state index contributed by atoms with van der Waals surface area (Å²) in [7, 11) is 0. The highest BCUT2D eigenvalue weighted by Gasteiger charge is 2.19. The van der Waals surface area contributed by atoms with Gasteiger partial charge in [-0.3, -0.25) is 9.78 Å². The van der Waals surface area contributed by atoms with E-state index < -0.39 is 12.4 Å². The molecule has 15 heavy (non-hydrogen) atoms. The molecule has 0 spiro atoms. The first-order chi connectivity index (χ1) is 6.93. The number of alkyl halides is 2. The molecular formula is C9H8F2INO2. The van der Waals surface area contributed by atoms with Crippen LogP contribution in [0.3, 0.4) is 0 Å². The third-order valence-electron chi connectivity index (χ3n) is 1.87. The Labute approximate surface area is 98.7 Å². The first-order valence-corrected chi connectivity index (χ1v) is 5.15. The van der Waals surface area contributed by atoms with Crippen molar-refractivity contribution in [3.05, 3.63) is 26.6 Å². The molecule has 0 unspecified atom stereocenters. The summed E-state index contributed by atoms with van der Waals surface area (Å²) in [6.45, 7) is 1.53. The highest BCUT2D eigenvalue weighted by molar-refractivity contribution is 14.1. The monoisotopic (exact) mass is 327 g/mol. The van der Waals surface area contributed by atoms with E-state index in [1.807, 2.05) is 0 Å². The summed E-state index contributed by atoms with van der Waals surface area (Å²) in [5, 5.41) is 8.56. The predicted octanol–water partition coefficient (Wildman–Crippen LogP) is 2.56. The third-order valence-corrected chi connectivity index (χ3v) is 3.07. The topological polar surface area (TPSA) is 50.2 Å². The van der Waals surface area contributed by atoms with Crippen molar-refractivity contribution in [2.75, 3.05) is 0 Å². The molecule has 1 rings (SSSR count). The van der Waals surface area contributed by atoms with Crippen molar-refractivity contribution in [2.45, 2.75) is 19.8 Å². The first-order valence-electron chi connectivity index (χ1n) is 4.07. The highest BCUT2D eigenvalue weighted by atomic mass is 127. The fourth-order valence-electron chi connectivity index (χ4n) is 1.16. The summed E-state index contributed by atoms with van der Waals surface area (Å²) in [5.74, 6) is -1.08. The zero-order valence-electron chi connectivity index (χ0n) is 7.80. The van der Waals surface area contributed by atoms with Crippen LogP contribution in [0.5, 0.6) is 0 Å². The van der Waals surface area contributed by atoms with Crippen molar-refractivity contribution in [3.63, 3.8) is 0 Å². The number of rotatable bonds is 3. The zero-order valence-corrected chi connectivity index (χ0v) is 9.96. The maximum atomic E-state index is 12.6. The smallest absolute Gasteiger partial charge is 0.309 e. The van der Waals surface area contributed by atoms with E-state index in [-0.39, 0.29) is 21.2 Å². The molecule has 1 N–H and O–H groups in total. The average Bonchev–Trinajstić information content (AvgIpc) is 2.09. The maximum absolute atomic E-state index is 12.6. The Morgan fingerprint density at radius 2 is 2.27 bits per heavy atom. The van der Waals surface area contributed by atoms with Gasteiger partial charge < -0.3 is 5.11 Å². The molecule has 1 aromatic heterocycles. The van der Waals surface area contributed by atoms with Gasteiger partial charge in [0.05, 0.1) is 12.1 Å². The van der Waals surface area contributed by atoms with E-state index in [1.165, 1.54) is 13.1 Å². The molecule has 0 radical (unpaired) electrons. The lowest BCUT2D eigenvalue weighted by molar-refractivity contribution is -0.136.